The average molecular weight is 485 g/mol. The van der Waals surface area contributed by atoms with E-state index in [1.54, 1.807) is 0 Å². The Morgan fingerprint density at radius 3 is 2.18 bits per heavy atom. The number of aryl methyl sites for hydroxylation is 1. The number of sulfonamides is 1. The van der Waals surface area contributed by atoms with E-state index in [4.69, 9.17) is 5.14 Å². The molecule has 12 heteroatoms. The summed E-state index contributed by atoms with van der Waals surface area (Å²) in [7, 11) is -4.06. The van der Waals surface area contributed by atoms with Crippen LogP contribution in [0.3, 0.4) is 0 Å². The second-order valence-electron chi connectivity index (χ2n) is 7.31. The molecule has 0 aliphatic carbocycles. The van der Waals surface area contributed by atoms with Gasteiger partial charge in [0, 0.05) is 11.1 Å². The van der Waals surface area contributed by atoms with E-state index in [1.807, 2.05) is 0 Å². The average Bonchev–Trinajstić information content (AvgIpc) is 3.10. The number of primary sulfonamides is 1. The first-order chi connectivity index (χ1) is 15.3. The normalized spacial score (nSPS) is 13.2. The van der Waals surface area contributed by atoms with Crippen LogP contribution in [-0.4, -0.2) is 29.3 Å². The highest BCUT2D eigenvalue weighted by atomic mass is 32.2. The minimum absolute atomic E-state index is 0.0582. The first-order valence-corrected chi connectivity index (χ1v) is 11.1. The van der Waals surface area contributed by atoms with Crippen molar-refractivity contribution in [1.29, 1.82) is 0 Å². The summed E-state index contributed by atoms with van der Waals surface area (Å²) in [5.74, 6) is -2.28. The van der Waals surface area contributed by atoms with Crippen LogP contribution in [0.25, 0.3) is 22.4 Å². The van der Waals surface area contributed by atoms with Gasteiger partial charge in [-0.05, 0) is 42.7 Å². The largest absolute Gasteiger partial charge is 0.480 e. The molecule has 0 aliphatic heterocycles. The van der Waals surface area contributed by atoms with Crippen molar-refractivity contribution < 1.29 is 35.9 Å². The molecule has 0 bridgehead atoms. The van der Waals surface area contributed by atoms with Crippen molar-refractivity contribution in [3.8, 4) is 22.4 Å². The fourth-order valence-corrected chi connectivity index (χ4v) is 3.93. The fourth-order valence-electron chi connectivity index (χ4n) is 3.41. The SMILES string of the molecule is CCC(C(=O)O)n1nc(-c2ccc(S(N)(=O)=O)cc2)c(-c2ccc(C)c(F)c2)c1C(F)(F)F. The molecule has 7 nitrogen and oxygen atoms in total. The number of nitrogens with zero attached hydrogens (tertiary/aromatic N) is 2. The van der Waals surface area contributed by atoms with Gasteiger partial charge >= 0.3 is 12.1 Å². The van der Waals surface area contributed by atoms with Gasteiger partial charge in [0.2, 0.25) is 10.0 Å². The summed E-state index contributed by atoms with van der Waals surface area (Å²) >= 11 is 0. The maximum absolute atomic E-state index is 14.3. The summed E-state index contributed by atoms with van der Waals surface area (Å²) in [4.78, 5) is 11.4. The molecule has 1 unspecified atom stereocenters. The van der Waals surface area contributed by atoms with Crippen molar-refractivity contribution >= 4 is 16.0 Å². The Balaban J connectivity index is 2.42. The molecule has 0 spiro atoms. The number of hydrogen-bond acceptors (Lipinski definition) is 4. The molecular formula is C21H19F4N3O4S. The van der Waals surface area contributed by atoms with Gasteiger partial charge in [-0.15, -0.1) is 0 Å². The summed E-state index contributed by atoms with van der Waals surface area (Å²) in [5, 5.41) is 18.5. The number of halogens is 4. The Morgan fingerprint density at radius 2 is 1.73 bits per heavy atom. The molecule has 0 aliphatic rings. The van der Waals surface area contributed by atoms with Gasteiger partial charge in [0.15, 0.2) is 5.69 Å². The molecule has 1 aromatic heterocycles. The van der Waals surface area contributed by atoms with Crippen LogP contribution in [0.15, 0.2) is 47.4 Å². The maximum atomic E-state index is 14.3. The van der Waals surface area contributed by atoms with E-state index in [2.05, 4.69) is 5.10 Å². The predicted molar refractivity (Wildman–Crippen MR) is 111 cm³/mol. The first kappa shape index (κ1) is 24.4. The number of carboxylic acid groups (broad SMARTS) is 1. The zero-order valence-corrected chi connectivity index (χ0v) is 18.2. The van der Waals surface area contributed by atoms with E-state index in [0.717, 1.165) is 18.2 Å². The zero-order valence-electron chi connectivity index (χ0n) is 17.4. The standard InChI is InChI=1S/C21H19F4N3O4S/c1-3-16(20(29)30)28-19(21(23,24)25)17(13-5-4-11(2)15(22)10-13)18(27-28)12-6-8-14(9-7-12)33(26,31)32/h4-10,16H,3H2,1-2H3,(H,29,30)(H2,26,31,32). The second-order valence-corrected chi connectivity index (χ2v) is 8.87. The number of hydrogen-bond donors (Lipinski definition) is 2. The molecule has 2 aromatic carbocycles. The monoisotopic (exact) mass is 485 g/mol. The molecule has 0 radical (unpaired) electrons. The molecule has 3 rings (SSSR count). The fraction of sp³-hybridized carbons (Fsp3) is 0.238. The van der Waals surface area contributed by atoms with Crippen LogP contribution < -0.4 is 5.14 Å². The van der Waals surface area contributed by atoms with Crippen LogP contribution in [0.5, 0.6) is 0 Å². The zero-order chi connectivity index (χ0) is 24.7. The smallest absolute Gasteiger partial charge is 0.433 e. The van der Waals surface area contributed by atoms with Crippen molar-refractivity contribution in [2.75, 3.05) is 0 Å². The number of aliphatic carboxylic acids is 1. The lowest BCUT2D eigenvalue weighted by Crippen LogP contribution is -2.25. The van der Waals surface area contributed by atoms with Crippen molar-refractivity contribution in [3.05, 3.63) is 59.5 Å². The molecule has 176 valence electrons. The van der Waals surface area contributed by atoms with Gasteiger partial charge in [-0.25, -0.2) is 27.4 Å². The van der Waals surface area contributed by atoms with Crippen LogP contribution in [0, 0.1) is 12.7 Å². The molecule has 3 aromatic rings. The lowest BCUT2D eigenvalue weighted by molar-refractivity contribution is -0.149. The van der Waals surface area contributed by atoms with Crippen molar-refractivity contribution in [3.63, 3.8) is 0 Å². The van der Waals surface area contributed by atoms with Crippen molar-refractivity contribution in [1.82, 2.24) is 9.78 Å². The third-order valence-electron chi connectivity index (χ3n) is 5.06. The van der Waals surface area contributed by atoms with Gasteiger partial charge in [-0.2, -0.15) is 18.3 Å². The Labute approximate surface area is 186 Å². The molecule has 1 atom stereocenters. The van der Waals surface area contributed by atoms with E-state index in [1.165, 1.54) is 38.1 Å². The lowest BCUT2D eigenvalue weighted by atomic mass is 9.97. The van der Waals surface area contributed by atoms with E-state index >= 15 is 0 Å². The number of benzene rings is 2. The maximum Gasteiger partial charge on any atom is 0.433 e. The first-order valence-electron chi connectivity index (χ1n) is 9.58. The Kier molecular flexibility index (Phi) is 6.35. The topological polar surface area (TPSA) is 115 Å². The van der Waals surface area contributed by atoms with Crippen LogP contribution in [0.1, 0.15) is 30.6 Å². The second kappa shape index (κ2) is 8.60. The molecule has 0 amide bonds. The number of carbonyl (C=O) groups is 1. The Morgan fingerprint density at radius 1 is 1.15 bits per heavy atom. The molecule has 0 saturated heterocycles. The van der Waals surface area contributed by atoms with Crippen molar-refractivity contribution in [2.24, 2.45) is 5.14 Å². The van der Waals surface area contributed by atoms with Gasteiger partial charge in [-0.3, -0.25) is 0 Å². The number of rotatable bonds is 6. The quantitative estimate of drug-likeness (QED) is 0.503. The Bertz CT molecular complexity index is 1320. The third kappa shape index (κ3) is 4.76. The Hall–Kier alpha value is -3.25. The molecule has 3 N–H and O–H groups in total. The van der Waals surface area contributed by atoms with Crippen LogP contribution >= 0.6 is 0 Å². The minimum Gasteiger partial charge on any atom is -0.480 e. The molecule has 0 saturated carbocycles. The highest BCUT2D eigenvalue weighted by Gasteiger charge is 2.43. The van der Waals surface area contributed by atoms with Crippen LogP contribution in [0.4, 0.5) is 17.6 Å². The summed E-state index contributed by atoms with van der Waals surface area (Å²) in [6.45, 7) is 2.84. The van der Waals surface area contributed by atoms with E-state index in [-0.39, 0.29) is 33.7 Å². The van der Waals surface area contributed by atoms with Gasteiger partial charge in [0.25, 0.3) is 0 Å². The summed E-state index contributed by atoms with van der Waals surface area (Å²) in [6.07, 6.45) is -5.24. The van der Waals surface area contributed by atoms with E-state index in [0.29, 0.717) is 4.68 Å². The van der Waals surface area contributed by atoms with E-state index < -0.39 is 45.3 Å². The lowest BCUT2D eigenvalue weighted by Gasteiger charge is -2.17. The molecular weight excluding hydrogens is 466 g/mol. The predicted octanol–water partition coefficient (Wildman–Crippen LogP) is 4.37. The number of aromatic nitrogens is 2. The summed E-state index contributed by atoms with van der Waals surface area (Å²) < 4.78 is 80.5. The van der Waals surface area contributed by atoms with Crippen LogP contribution in [-0.2, 0) is 21.0 Å². The molecule has 33 heavy (non-hydrogen) atoms. The number of alkyl halides is 3. The van der Waals surface area contributed by atoms with Crippen LogP contribution in [0.2, 0.25) is 0 Å². The number of nitrogens with two attached hydrogens (primary N) is 1. The van der Waals surface area contributed by atoms with Crippen molar-refractivity contribution in [2.45, 2.75) is 37.4 Å². The highest BCUT2D eigenvalue weighted by Crippen LogP contribution is 2.44. The summed E-state index contributed by atoms with van der Waals surface area (Å²) in [5.41, 5.74) is -2.07. The van der Waals surface area contributed by atoms with Gasteiger partial charge < -0.3 is 5.11 Å². The third-order valence-corrected chi connectivity index (χ3v) is 5.99. The van der Waals surface area contributed by atoms with E-state index in [9.17, 15) is 35.9 Å². The molecule has 0 fully saturated rings. The number of carboxylic acids is 1. The molecule has 1 heterocycles. The van der Waals surface area contributed by atoms with Gasteiger partial charge in [0.1, 0.15) is 17.6 Å². The minimum atomic E-state index is -5.04. The highest BCUT2D eigenvalue weighted by molar-refractivity contribution is 7.89. The van der Waals surface area contributed by atoms with Gasteiger partial charge in [-0.1, -0.05) is 31.2 Å². The van der Waals surface area contributed by atoms with Gasteiger partial charge in [0.05, 0.1) is 4.90 Å². The summed E-state index contributed by atoms with van der Waals surface area (Å²) in [6, 6.07) is 6.41.